The highest BCUT2D eigenvalue weighted by atomic mass is 16.4. The number of hydrogen-bond acceptors (Lipinski definition) is 4. The van der Waals surface area contributed by atoms with E-state index in [1.807, 2.05) is 0 Å². The van der Waals surface area contributed by atoms with Gasteiger partial charge in [-0.1, -0.05) is 96.8 Å². The van der Waals surface area contributed by atoms with Gasteiger partial charge in [-0.05, 0) is 13.3 Å². The molecule has 0 aliphatic rings. The predicted octanol–water partition coefficient (Wildman–Crippen LogP) is 5.66. The van der Waals surface area contributed by atoms with Crippen LogP contribution in [0.3, 0.4) is 0 Å². The van der Waals surface area contributed by atoms with Crippen molar-refractivity contribution in [3.8, 4) is 0 Å². The largest absolute Gasteiger partial charge is 0.479 e. The summed E-state index contributed by atoms with van der Waals surface area (Å²) in [5.41, 5.74) is 0. The van der Waals surface area contributed by atoms with Gasteiger partial charge in [-0.3, -0.25) is 4.79 Å². The molecule has 0 bridgehead atoms. The lowest BCUT2D eigenvalue weighted by atomic mass is 10.0. The first kappa shape index (κ1) is 28.8. The van der Waals surface area contributed by atoms with Gasteiger partial charge in [-0.2, -0.15) is 0 Å². The average molecular weight is 399 g/mol. The van der Waals surface area contributed by atoms with Crippen LogP contribution >= 0.6 is 0 Å². The van der Waals surface area contributed by atoms with Crippen molar-refractivity contribution >= 4 is 17.7 Å². The Balaban J connectivity index is 0. The fourth-order valence-corrected chi connectivity index (χ4v) is 2.81. The standard InChI is InChI=1S/C20H36O2.C3H6O3/c1-2-3-4-5-6-7-8-9-10-11-12-13-14-15-16-17-20(22)18-19-21;1-2(4)3(5)6/h18H,2-17H2,1H3;2,4H,1H3,(H,5,6). The lowest BCUT2D eigenvalue weighted by molar-refractivity contribution is -0.145. The number of unbranched alkanes of at least 4 members (excludes halogenated alkanes) is 14. The van der Waals surface area contributed by atoms with E-state index in [2.05, 4.69) is 6.92 Å². The number of carbonyl (C=O) groups excluding carboxylic acids is 2. The van der Waals surface area contributed by atoms with Crippen LogP contribution in [-0.2, 0) is 14.4 Å². The molecule has 0 aliphatic carbocycles. The number of ketones is 1. The molecule has 28 heavy (non-hydrogen) atoms. The van der Waals surface area contributed by atoms with Crippen LogP contribution in [0.2, 0.25) is 0 Å². The smallest absolute Gasteiger partial charge is 0.332 e. The minimum Gasteiger partial charge on any atom is -0.479 e. The van der Waals surface area contributed by atoms with Crippen LogP contribution in [0.1, 0.15) is 117 Å². The Morgan fingerprint density at radius 2 is 1.11 bits per heavy atom. The number of aliphatic hydroxyl groups excluding tert-OH is 1. The monoisotopic (exact) mass is 398 g/mol. The zero-order valence-corrected chi connectivity index (χ0v) is 18.1. The molecule has 0 amide bonds. The molecule has 0 saturated heterocycles. The van der Waals surface area contributed by atoms with Gasteiger partial charge in [0.1, 0.15) is 12.0 Å². The summed E-state index contributed by atoms with van der Waals surface area (Å²) in [6.07, 6.45) is 20.2. The Hall–Kier alpha value is -1.45. The fourth-order valence-electron chi connectivity index (χ4n) is 2.81. The number of aliphatic carboxylic acids is 1. The van der Waals surface area contributed by atoms with Gasteiger partial charge in [0.05, 0.1) is 6.08 Å². The van der Waals surface area contributed by atoms with Crippen LogP contribution in [0, 0.1) is 0 Å². The van der Waals surface area contributed by atoms with Gasteiger partial charge >= 0.3 is 5.97 Å². The molecule has 0 spiro atoms. The maximum atomic E-state index is 11.1. The molecule has 0 aromatic carbocycles. The van der Waals surface area contributed by atoms with Gasteiger partial charge in [0.2, 0.25) is 0 Å². The van der Waals surface area contributed by atoms with Crippen molar-refractivity contribution in [2.45, 2.75) is 123 Å². The van der Waals surface area contributed by atoms with E-state index >= 15 is 0 Å². The first-order valence-corrected chi connectivity index (χ1v) is 11.1. The third-order valence-electron chi connectivity index (χ3n) is 4.60. The van der Waals surface area contributed by atoms with Crippen LogP contribution in [-0.4, -0.2) is 34.0 Å². The Morgan fingerprint density at radius 1 is 0.786 bits per heavy atom. The van der Waals surface area contributed by atoms with E-state index in [9.17, 15) is 14.4 Å². The van der Waals surface area contributed by atoms with Crippen molar-refractivity contribution in [2.75, 3.05) is 0 Å². The molecule has 5 nitrogen and oxygen atoms in total. The van der Waals surface area contributed by atoms with Gasteiger partial charge in [-0.15, -0.1) is 0 Å². The molecule has 2 N–H and O–H groups in total. The van der Waals surface area contributed by atoms with E-state index in [1.165, 1.54) is 90.4 Å². The van der Waals surface area contributed by atoms with E-state index < -0.39 is 12.1 Å². The molecule has 0 aromatic heterocycles. The highest BCUT2D eigenvalue weighted by Gasteiger charge is 2.01. The van der Waals surface area contributed by atoms with Gasteiger partial charge < -0.3 is 10.2 Å². The maximum absolute atomic E-state index is 11.1. The molecule has 0 aromatic rings. The van der Waals surface area contributed by atoms with Gasteiger partial charge in [0.25, 0.3) is 0 Å². The Bertz CT molecular complexity index is 411. The van der Waals surface area contributed by atoms with Crippen molar-refractivity contribution in [3.63, 3.8) is 0 Å². The number of carbonyl (C=O) groups is 2. The molecule has 0 fully saturated rings. The minimum absolute atomic E-state index is 0.0790. The zero-order chi connectivity index (χ0) is 21.5. The quantitative estimate of drug-likeness (QED) is 0.177. The first-order valence-electron chi connectivity index (χ1n) is 11.1. The Morgan fingerprint density at radius 3 is 1.39 bits per heavy atom. The second-order valence-corrected chi connectivity index (χ2v) is 7.44. The average Bonchev–Trinajstić information content (AvgIpc) is 2.65. The second kappa shape index (κ2) is 23.6. The summed E-state index contributed by atoms with van der Waals surface area (Å²) in [6.45, 7) is 3.47. The van der Waals surface area contributed by atoms with E-state index in [4.69, 9.17) is 10.2 Å². The lowest BCUT2D eigenvalue weighted by Gasteiger charge is -2.03. The van der Waals surface area contributed by atoms with Gasteiger partial charge in [0, 0.05) is 6.42 Å². The molecular formula is C23H42O5. The third kappa shape index (κ3) is 26.8. The molecule has 164 valence electrons. The molecule has 5 heteroatoms. The number of aliphatic hydroxyl groups is 1. The first-order chi connectivity index (χ1) is 13.5. The summed E-state index contributed by atoms with van der Waals surface area (Å²) in [4.78, 5) is 30.5. The maximum Gasteiger partial charge on any atom is 0.332 e. The summed E-state index contributed by atoms with van der Waals surface area (Å²) in [6, 6.07) is 0. The Labute approximate surface area is 171 Å². The van der Waals surface area contributed by atoms with E-state index in [0.717, 1.165) is 18.9 Å². The Kier molecular flexibility index (Phi) is 24.2. The third-order valence-corrected chi connectivity index (χ3v) is 4.60. The van der Waals surface area contributed by atoms with Gasteiger partial charge in [-0.25, -0.2) is 9.59 Å². The molecule has 0 saturated carbocycles. The molecule has 1 unspecified atom stereocenters. The van der Waals surface area contributed by atoms with Crippen molar-refractivity contribution in [3.05, 3.63) is 6.08 Å². The number of carboxylic acids is 1. The summed E-state index contributed by atoms with van der Waals surface area (Å²) in [7, 11) is 0. The van der Waals surface area contributed by atoms with Crippen molar-refractivity contribution in [1.82, 2.24) is 0 Å². The highest BCUT2D eigenvalue weighted by molar-refractivity contribution is 5.95. The highest BCUT2D eigenvalue weighted by Crippen LogP contribution is 2.13. The van der Waals surface area contributed by atoms with Gasteiger partial charge in [0.15, 0.2) is 5.78 Å². The van der Waals surface area contributed by atoms with Crippen molar-refractivity contribution in [1.29, 1.82) is 0 Å². The number of rotatable bonds is 18. The molecule has 0 heterocycles. The predicted molar refractivity (Wildman–Crippen MR) is 114 cm³/mol. The SMILES string of the molecule is CC(O)C(=O)O.CCCCCCCCCCCCCCCCCC(=O)C=C=O. The van der Waals surface area contributed by atoms with Crippen LogP contribution in [0.25, 0.3) is 0 Å². The van der Waals surface area contributed by atoms with Crippen LogP contribution in [0.4, 0.5) is 0 Å². The zero-order valence-electron chi connectivity index (χ0n) is 18.1. The van der Waals surface area contributed by atoms with Crippen LogP contribution in [0.15, 0.2) is 6.08 Å². The van der Waals surface area contributed by atoms with E-state index in [-0.39, 0.29) is 5.78 Å². The normalized spacial score (nSPS) is 11.1. The second-order valence-electron chi connectivity index (χ2n) is 7.44. The molecule has 0 rings (SSSR count). The topological polar surface area (TPSA) is 91.7 Å². The minimum atomic E-state index is -1.23. The van der Waals surface area contributed by atoms with Crippen LogP contribution < -0.4 is 0 Å². The summed E-state index contributed by atoms with van der Waals surface area (Å²) < 4.78 is 0. The summed E-state index contributed by atoms with van der Waals surface area (Å²) in [5, 5.41) is 15.8. The summed E-state index contributed by atoms with van der Waals surface area (Å²) in [5.74, 6) is 0.281. The van der Waals surface area contributed by atoms with Crippen LogP contribution in [0.5, 0.6) is 0 Å². The summed E-state index contributed by atoms with van der Waals surface area (Å²) >= 11 is 0. The molecule has 0 aliphatic heterocycles. The molecule has 1 atom stereocenters. The number of hydrogen-bond donors (Lipinski definition) is 2. The molecular weight excluding hydrogens is 356 g/mol. The number of allylic oxidation sites excluding steroid dienone is 1. The van der Waals surface area contributed by atoms with Crippen molar-refractivity contribution < 1.29 is 24.6 Å². The fraction of sp³-hybridized carbons (Fsp3) is 0.826. The number of carboxylic acid groups (broad SMARTS) is 1. The van der Waals surface area contributed by atoms with Crippen molar-refractivity contribution in [2.24, 2.45) is 0 Å². The van der Waals surface area contributed by atoms with E-state index in [1.54, 1.807) is 5.94 Å². The molecule has 0 radical (unpaired) electrons. The van der Waals surface area contributed by atoms with E-state index in [0.29, 0.717) is 6.42 Å². The lowest BCUT2D eigenvalue weighted by Crippen LogP contribution is -2.13.